The Morgan fingerprint density at radius 2 is 1.19 bits per heavy atom. The van der Waals surface area contributed by atoms with Crippen LogP contribution in [-0.2, 0) is 13.1 Å². The highest BCUT2D eigenvalue weighted by Crippen LogP contribution is 2.06. The fraction of sp³-hybridized carbons (Fsp3) is 0.333. The molecule has 0 aliphatic rings. The predicted molar refractivity (Wildman–Crippen MR) is 65.4 cm³/mol. The molecule has 4 heteroatoms. The molecule has 0 N–H and O–H groups in total. The van der Waals surface area contributed by atoms with Gasteiger partial charge in [-0.05, 0) is 11.1 Å². The van der Waals surface area contributed by atoms with Crippen LogP contribution >= 0.6 is 0 Å². The molecule has 0 amide bonds. The lowest BCUT2D eigenvalue weighted by molar-refractivity contribution is 1.04. The van der Waals surface area contributed by atoms with Gasteiger partial charge in [0.25, 0.3) is 0 Å². The summed E-state index contributed by atoms with van der Waals surface area (Å²) in [7, 11) is 3.31. The lowest BCUT2D eigenvalue weighted by Gasteiger charge is -1.97. The molecule has 0 fully saturated rings. The summed E-state index contributed by atoms with van der Waals surface area (Å²) in [6.07, 6.45) is 0. The van der Waals surface area contributed by atoms with E-state index in [2.05, 4.69) is 32.0 Å². The minimum Gasteiger partial charge on any atom is -0.229 e. The molecule has 0 aromatic heterocycles. The number of rotatable bonds is 4. The Labute approximate surface area is 95.2 Å². The molecule has 4 nitrogen and oxygen atoms in total. The lowest BCUT2D eigenvalue weighted by Crippen LogP contribution is -1.84. The molecule has 0 aliphatic carbocycles. The maximum absolute atomic E-state index is 4.00. The van der Waals surface area contributed by atoms with Crippen molar-refractivity contribution in [1.82, 2.24) is 0 Å². The first-order valence-corrected chi connectivity index (χ1v) is 4.95. The fourth-order valence-electron chi connectivity index (χ4n) is 1.14. The molecule has 0 unspecified atom stereocenters. The van der Waals surface area contributed by atoms with Gasteiger partial charge in [0.2, 0.25) is 0 Å². The van der Waals surface area contributed by atoms with Crippen LogP contribution in [0.3, 0.4) is 0 Å². The SMILES string of the molecule is CN=C=NCc1ccc(CN=C=NC)cc1. The summed E-state index contributed by atoms with van der Waals surface area (Å²) >= 11 is 0. The van der Waals surface area contributed by atoms with E-state index in [1.54, 1.807) is 14.1 Å². The minimum atomic E-state index is 0.608. The summed E-state index contributed by atoms with van der Waals surface area (Å²) in [5, 5.41) is 0. The monoisotopic (exact) mass is 214 g/mol. The minimum absolute atomic E-state index is 0.608. The maximum Gasteiger partial charge on any atom is 0.0893 e. The van der Waals surface area contributed by atoms with Crippen LogP contribution in [0.2, 0.25) is 0 Å². The maximum atomic E-state index is 4.00. The van der Waals surface area contributed by atoms with Crippen molar-refractivity contribution in [2.75, 3.05) is 14.1 Å². The predicted octanol–water partition coefficient (Wildman–Crippen LogP) is 2.29. The van der Waals surface area contributed by atoms with Crippen molar-refractivity contribution in [3.8, 4) is 0 Å². The molecule has 1 aromatic carbocycles. The average Bonchev–Trinajstić information content (AvgIpc) is 2.32. The van der Waals surface area contributed by atoms with Gasteiger partial charge < -0.3 is 0 Å². The molecule has 0 atom stereocenters. The highest BCUT2D eigenvalue weighted by atomic mass is 14.8. The largest absolute Gasteiger partial charge is 0.229 e. The Bertz CT molecular complexity index is 390. The summed E-state index contributed by atoms with van der Waals surface area (Å²) in [4.78, 5) is 15.3. The van der Waals surface area contributed by atoms with E-state index in [1.165, 1.54) is 0 Å². The van der Waals surface area contributed by atoms with Gasteiger partial charge in [-0.2, -0.15) is 0 Å². The lowest BCUT2D eigenvalue weighted by atomic mass is 10.1. The van der Waals surface area contributed by atoms with Crippen molar-refractivity contribution in [2.45, 2.75) is 13.1 Å². The highest BCUT2D eigenvalue weighted by molar-refractivity contribution is 5.41. The van der Waals surface area contributed by atoms with E-state index in [1.807, 2.05) is 24.3 Å². The molecule has 0 spiro atoms. The summed E-state index contributed by atoms with van der Waals surface area (Å²) in [6, 6.07) is 13.2. The van der Waals surface area contributed by atoms with Crippen molar-refractivity contribution in [3.05, 3.63) is 35.4 Å². The standard InChI is InChI=1S/C12H14N4/c1-13-9-15-7-11-3-5-12(6-4-11)8-16-10-14-2/h3-6H,7-8H2,1-2H3. The van der Waals surface area contributed by atoms with E-state index < -0.39 is 0 Å². The van der Waals surface area contributed by atoms with Crippen LogP contribution in [-0.4, -0.2) is 26.1 Å². The van der Waals surface area contributed by atoms with Gasteiger partial charge >= 0.3 is 0 Å². The molecule has 0 bridgehead atoms. The van der Waals surface area contributed by atoms with Gasteiger partial charge in [-0.1, -0.05) is 24.3 Å². The third-order valence-electron chi connectivity index (χ3n) is 1.89. The average molecular weight is 214 g/mol. The Kier molecular flexibility index (Phi) is 5.49. The van der Waals surface area contributed by atoms with Crippen LogP contribution in [0, 0.1) is 0 Å². The molecule has 0 aliphatic heterocycles. The van der Waals surface area contributed by atoms with Gasteiger partial charge in [0, 0.05) is 14.1 Å². The molecule has 1 rings (SSSR count). The van der Waals surface area contributed by atoms with Gasteiger partial charge in [0.1, 0.15) is 0 Å². The zero-order chi connectivity index (χ0) is 11.6. The van der Waals surface area contributed by atoms with E-state index in [0.717, 1.165) is 11.1 Å². The van der Waals surface area contributed by atoms with E-state index in [4.69, 9.17) is 0 Å². The zero-order valence-electron chi connectivity index (χ0n) is 9.51. The first-order chi connectivity index (χ1) is 7.86. The first kappa shape index (κ1) is 12.1. The number of aliphatic imine (C=N–C) groups is 4. The van der Waals surface area contributed by atoms with Crippen LogP contribution in [0.1, 0.15) is 11.1 Å². The van der Waals surface area contributed by atoms with E-state index >= 15 is 0 Å². The molecule has 16 heavy (non-hydrogen) atoms. The molecule has 0 saturated heterocycles. The van der Waals surface area contributed by atoms with Gasteiger partial charge in [-0.3, -0.25) is 0 Å². The van der Waals surface area contributed by atoms with Gasteiger partial charge in [-0.15, -0.1) is 0 Å². The van der Waals surface area contributed by atoms with Crippen molar-refractivity contribution >= 4 is 12.0 Å². The number of nitrogens with zero attached hydrogens (tertiary/aromatic N) is 4. The van der Waals surface area contributed by atoms with Crippen molar-refractivity contribution in [1.29, 1.82) is 0 Å². The van der Waals surface area contributed by atoms with E-state index in [-0.39, 0.29) is 0 Å². The molecular formula is C12H14N4. The third-order valence-corrected chi connectivity index (χ3v) is 1.89. The first-order valence-electron chi connectivity index (χ1n) is 4.95. The number of hydrogen-bond donors (Lipinski definition) is 0. The van der Waals surface area contributed by atoms with Crippen LogP contribution < -0.4 is 0 Å². The zero-order valence-corrected chi connectivity index (χ0v) is 9.51. The summed E-state index contributed by atoms with van der Waals surface area (Å²) in [5.74, 6) is 0. The highest BCUT2D eigenvalue weighted by Gasteiger charge is 1.92. The Morgan fingerprint density at radius 1 is 0.812 bits per heavy atom. The topological polar surface area (TPSA) is 49.4 Å². The van der Waals surface area contributed by atoms with E-state index in [9.17, 15) is 0 Å². The number of benzene rings is 1. The fourth-order valence-corrected chi connectivity index (χ4v) is 1.14. The second-order valence-corrected chi connectivity index (χ2v) is 3.10. The van der Waals surface area contributed by atoms with Crippen LogP contribution in [0.15, 0.2) is 44.2 Å². The molecule has 82 valence electrons. The Balaban J connectivity index is 2.60. The Hall–Kier alpha value is -2.02. The van der Waals surface area contributed by atoms with Crippen molar-refractivity contribution in [2.24, 2.45) is 20.0 Å². The smallest absolute Gasteiger partial charge is 0.0893 e. The summed E-state index contributed by atoms with van der Waals surface area (Å²) in [6.45, 7) is 1.22. The normalized spacial score (nSPS) is 8.62. The van der Waals surface area contributed by atoms with Gasteiger partial charge in [0.05, 0.1) is 25.1 Å². The molecule has 0 heterocycles. The summed E-state index contributed by atoms with van der Waals surface area (Å²) < 4.78 is 0. The summed E-state index contributed by atoms with van der Waals surface area (Å²) in [5.41, 5.74) is 2.26. The third kappa shape index (κ3) is 4.47. The van der Waals surface area contributed by atoms with Crippen LogP contribution in [0.5, 0.6) is 0 Å². The second-order valence-electron chi connectivity index (χ2n) is 3.10. The molecule has 1 aromatic rings. The molecule has 0 saturated carbocycles. The molecular weight excluding hydrogens is 200 g/mol. The second kappa shape index (κ2) is 7.30. The van der Waals surface area contributed by atoms with Crippen LogP contribution in [0.4, 0.5) is 0 Å². The Morgan fingerprint density at radius 3 is 1.50 bits per heavy atom. The van der Waals surface area contributed by atoms with Crippen molar-refractivity contribution < 1.29 is 0 Å². The number of hydrogen-bond acceptors (Lipinski definition) is 4. The van der Waals surface area contributed by atoms with E-state index in [0.29, 0.717) is 13.1 Å². The van der Waals surface area contributed by atoms with Gasteiger partial charge in [0.15, 0.2) is 0 Å². The quantitative estimate of drug-likeness (QED) is 0.690. The van der Waals surface area contributed by atoms with Crippen LogP contribution in [0.25, 0.3) is 0 Å². The van der Waals surface area contributed by atoms with Gasteiger partial charge in [-0.25, -0.2) is 20.0 Å². The molecule has 0 radical (unpaired) electrons. The van der Waals surface area contributed by atoms with Crippen molar-refractivity contribution in [3.63, 3.8) is 0 Å².